The lowest BCUT2D eigenvalue weighted by Gasteiger charge is -2.23. The van der Waals surface area contributed by atoms with E-state index in [9.17, 15) is 9.00 Å². The maximum Gasteiger partial charge on any atom is 0.315 e. The molecule has 2 aliphatic carbocycles. The Bertz CT molecular complexity index is 538. The third-order valence-electron chi connectivity index (χ3n) is 4.34. The number of urea groups is 1. The number of aryl methyl sites for hydroxylation is 1. The smallest absolute Gasteiger partial charge is 0.315 e. The first kappa shape index (κ1) is 13.6. The number of H-pyrrole nitrogens is 1. The van der Waals surface area contributed by atoms with Crippen molar-refractivity contribution in [2.45, 2.75) is 42.9 Å². The molecule has 3 rings (SSSR count). The third kappa shape index (κ3) is 2.72. The van der Waals surface area contributed by atoms with Crippen LogP contribution >= 0.6 is 0 Å². The summed E-state index contributed by atoms with van der Waals surface area (Å²) in [7, 11) is -0.868. The summed E-state index contributed by atoms with van der Waals surface area (Å²) in [6.07, 6.45) is 8.14. The Morgan fingerprint density at radius 2 is 2.40 bits per heavy atom. The summed E-state index contributed by atoms with van der Waals surface area (Å²) >= 11 is 0. The third-order valence-corrected chi connectivity index (χ3v) is 6.12. The van der Waals surface area contributed by atoms with Crippen molar-refractivity contribution in [1.82, 2.24) is 20.8 Å². The highest BCUT2D eigenvalue weighted by molar-refractivity contribution is 7.86. The fraction of sp³-hybridized carbons (Fsp3) is 0.692. The molecule has 6 nitrogen and oxygen atoms in total. The second-order valence-electron chi connectivity index (χ2n) is 5.78. The molecule has 0 aromatic carbocycles. The Labute approximate surface area is 120 Å². The average Bonchev–Trinajstić information content (AvgIpc) is 3.08. The van der Waals surface area contributed by atoms with Crippen LogP contribution in [0.3, 0.4) is 0 Å². The minimum absolute atomic E-state index is 0.144. The molecule has 0 spiro atoms. The SMILES string of the molecule is CS(=O)C1(CNC(=O)NC2CCc3cn[nH]c3C2)CC1. The topological polar surface area (TPSA) is 86.9 Å². The van der Waals surface area contributed by atoms with Crippen LogP contribution in [0.2, 0.25) is 0 Å². The van der Waals surface area contributed by atoms with Crippen molar-refractivity contribution in [3.8, 4) is 0 Å². The molecule has 110 valence electrons. The molecule has 2 aliphatic rings. The molecule has 1 heterocycles. The van der Waals surface area contributed by atoms with E-state index in [1.54, 1.807) is 6.26 Å². The van der Waals surface area contributed by atoms with E-state index < -0.39 is 10.8 Å². The van der Waals surface area contributed by atoms with Crippen LogP contribution in [0.15, 0.2) is 6.20 Å². The molecular weight excluding hydrogens is 276 g/mol. The lowest BCUT2D eigenvalue weighted by molar-refractivity contribution is 0.235. The lowest BCUT2D eigenvalue weighted by atomic mass is 9.94. The summed E-state index contributed by atoms with van der Waals surface area (Å²) in [6.45, 7) is 0.504. The molecule has 1 fully saturated rings. The molecule has 1 aromatic heterocycles. The number of nitrogens with one attached hydrogen (secondary N) is 3. The van der Waals surface area contributed by atoms with Crippen LogP contribution in [0.25, 0.3) is 0 Å². The Morgan fingerprint density at radius 1 is 1.60 bits per heavy atom. The summed E-state index contributed by atoms with van der Waals surface area (Å²) in [4.78, 5) is 11.9. The van der Waals surface area contributed by atoms with E-state index in [0.29, 0.717) is 6.54 Å². The number of aromatic amines is 1. The predicted molar refractivity (Wildman–Crippen MR) is 77.0 cm³/mol. The van der Waals surface area contributed by atoms with Gasteiger partial charge >= 0.3 is 6.03 Å². The van der Waals surface area contributed by atoms with Gasteiger partial charge in [0, 0.05) is 41.8 Å². The van der Waals surface area contributed by atoms with Gasteiger partial charge in [0.1, 0.15) is 0 Å². The van der Waals surface area contributed by atoms with Crippen molar-refractivity contribution in [2.24, 2.45) is 0 Å². The fourth-order valence-corrected chi connectivity index (χ4v) is 3.67. The van der Waals surface area contributed by atoms with Gasteiger partial charge < -0.3 is 10.6 Å². The summed E-state index contributed by atoms with van der Waals surface area (Å²) in [5.41, 5.74) is 2.37. The Hall–Kier alpha value is -1.37. The predicted octanol–water partition coefficient (Wildman–Crippen LogP) is 0.477. The maximum atomic E-state index is 11.9. The van der Waals surface area contributed by atoms with Crippen molar-refractivity contribution < 1.29 is 9.00 Å². The average molecular weight is 296 g/mol. The van der Waals surface area contributed by atoms with E-state index >= 15 is 0 Å². The molecule has 1 aromatic rings. The monoisotopic (exact) mass is 296 g/mol. The van der Waals surface area contributed by atoms with E-state index in [1.807, 2.05) is 6.20 Å². The Morgan fingerprint density at radius 3 is 3.10 bits per heavy atom. The zero-order valence-electron chi connectivity index (χ0n) is 11.6. The summed E-state index contributed by atoms with van der Waals surface area (Å²) in [5, 5.41) is 12.9. The van der Waals surface area contributed by atoms with Crippen molar-refractivity contribution in [2.75, 3.05) is 12.8 Å². The zero-order valence-corrected chi connectivity index (χ0v) is 12.4. The normalized spacial score (nSPS) is 24.6. The molecule has 20 heavy (non-hydrogen) atoms. The number of hydrogen-bond acceptors (Lipinski definition) is 3. The second kappa shape index (κ2) is 5.20. The van der Waals surface area contributed by atoms with E-state index in [2.05, 4.69) is 20.8 Å². The minimum Gasteiger partial charge on any atom is -0.337 e. The number of amides is 2. The highest BCUT2D eigenvalue weighted by Gasteiger charge is 2.46. The van der Waals surface area contributed by atoms with Gasteiger partial charge in [-0.3, -0.25) is 9.31 Å². The standard InChI is InChI=1S/C13H20N4O2S/c1-20(19)13(4-5-13)8-14-12(18)16-10-3-2-9-7-15-17-11(9)6-10/h7,10H,2-6,8H2,1H3,(H,15,17)(H2,14,16,18). The molecule has 2 atom stereocenters. The first-order chi connectivity index (χ1) is 9.59. The van der Waals surface area contributed by atoms with E-state index in [4.69, 9.17) is 0 Å². The number of hydrogen-bond donors (Lipinski definition) is 3. The highest BCUT2D eigenvalue weighted by atomic mass is 32.2. The molecule has 2 unspecified atom stereocenters. The van der Waals surface area contributed by atoms with Crippen molar-refractivity contribution in [1.29, 1.82) is 0 Å². The molecule has 2 amide bonds. The summed E-state index contributed by atoms with van der Waals surface area (Å²) in [5.74, 6) is 0. The van der Waals surface area contributed by atoms with Gasteiger partial charge in [0.2, 0.25) is 0 Å². The van der Waals surface area contributed by atoms with Gasteiger partial charge in [0.05, 0.1) is 10.9 Å². The van der Waals surface area contributed by atoms with Gasteiger partial charge in [0.15, 0.2) is 0 Å². The van der Waals surface area contributed by atoms with E-state index in [-0.39, 0.29) is 16.8 Å². The van der Waals surface area contributed by atoms with Gasteiger partial charge in [-0.2, -0.15) is 5.10 Å². The molecule has 3 N–H and O–H groups in total. The fourth-order valence-electron chi connectivity index (χ4n) is 2.71. The number of rotatable bonds is 4. The Balaban J connectivity index is 1.47. The van der Waals surface area contributed by atoms with E-state index in [0.717, 1.165) is 37.8 Å². The molecule has 1 saturated carbocycles. The molecule has 0 bridgehead atoms. The molecule has 0 aliphatic heterocycles. The van der Waals surface area contributed by atoms with Gasteiger partial charge in [-0.15, -0.1) is 0 Å². The number of carbonyl (C=O) groups is 1. The Kier molecular flexibility index (Phi) is 3.54. The number of nitrogens with zero attached hydrogens (tertiary/aromatic N) is 1. The molecule has 7 heteroatoms. The lowest BCUT2D eigenvalue weighted by Crippen LogP contribution is -2.47. The minimum atomic E-state index is -0.868. The van der Waals surface area contributed by atoms with Crippen LogP contribution < -0.4 is 10.6 Å². The van der Waals surface area contributed by atoms with Crippen LogP contribution in [0, 0.1) is 0 Å². The van der Waals surface area contributed by atoms with Gasteiger partial charge in [-0.1, -0.05) is 0 Å². The molecule has 0 saturated heterocycles. The van der Waals surface area contributed by atoms with E-state index in [1.165, 1.54) is 5.56 Å². The van der Waals surface area contributed by atoms with Crippen molar-refractivity contribution in [3.63, 3.8) is 0 Å². The number of fused-ring (bicyclic) bond motifs is 1. The summed E-state index contributed by atoms with van der Waals surface area (Å²) < 4.78 is 11.4. The zero-order chi connectivity index (χ0) is 14.2. The van der Waals surface area contributed by atoms with Crippen LogP contribution in [-0.2, 0) is 23.6 Å². The van der Waals surface area contributed by atoms with Crippen LogP contribution in [-0.4, -0.2) is 44.0 Å². The second-order valence-corrected chi connectivity index (χ2v) is 7.55. The number of aromatic nitrogens is 2. The van der Waals surface area contributed by atoms with Crippen LogP contribution in [0.5, 0.6) is 0 Å². The first-order valence-electron chi connectivity index (χ1n) is 6.98. The van der Waals surface area contributed by atoms with Crippen molar-refractivity contribution >= 4 is 16.8 Å². The maximum absolute atomic E-state index is 11.9. The quantitative estimate of drug-likeness (QED) is 0.755. The van der Waals surface area contributed by atoms with Crippen molar-refractivity contribution in [3.05, 3.63) is 17.5 Å². The summed E-state index contributed by atoms with van der Waals surface area (Å²) in [6, 6.07) is -0.0140. The van der Waals surface area contributed by atoms with Crippen LogP contribution in [0.1, 0.15) is 30.5 Å². The van der Waals surface area contributed by atoms with Gasteiger partial charge in [0.25, 0.3) is 0 Å². The molecule has 0 radical (unpaired) electrons. The van der Waals surface area contributed by atoms with Gasteiger partial charge in [-0.05, 0) is 31.2 Å². The first-order valence-corrected chi connectivity index (χ1v) is 8.54. The van der Waals surface area contributed by atoms with Gasteiger partial charge in [-0.25, -0.2) is 4.79 Å². The largest absolute Gasteiger partial charge is 0.337 e. The molecular formula is C13H20N4O2S. The van der Waals surface area contributed by atoms with Crippen LogP contribution in [0.4, 0.5) is 4.79 Å². The highest BCUT2D eigenvalue weighted by Crippen LogP contribution is 2.40. The number of carbonyl (C=O) groups excluding carboxylic acids is 1.